The second kappa shape index (κ2) is 6.52. The van der Waals surface area contributed by atoms with Crippen LogP contribution in [-0.2, 0) is 9.53 Å². The molecule has 0 radical (unpaired) electrons. The van der Waals surface area contributed by atoms with Crippen LogP contribution < -0.4 is 5.32 Å². The molecular formula is C7H13Cl2NO2. The van der Waals surface area contributed by atoms with E-state index in [-0.39, 0.29) is 30.4 Å². The van der Waals surface area contributed by atoms with Gasteiger partial charge in [-0.1, -0.05) is 0 Å². The lowest BCUT2D eigenvalue weighted by molar-refractivity contribution is -0.146. The number of alkyl halides is 1. The van der Waals surface area contributed by atoms with Crippen molar-refractivity contribution in [1.29, 1.82) is 0 Å². The van der Waals surface area contributed by atoms with Gasteiger partial charge in [-0.15, -0.1) is 24.0 Å². The van der Waals surface area contributed by atoms with Gasteiger partial charge >= 0.3 is 5.97 Å². The minimum atomic E-state index is -0.319. The van der Waals surface area contributed by atoms with Gasteiger partial charge in [0.25, 0.3) is 0 Å². The molecule has 0 aliphatic carbocycles. The van der Waals surface area contributed by atoms with Crippen LogP contribution in [0, 0.1) is 0 Å². The lowest BCUT2D eigenvalue weighted by Crippen LogP contribution is -2.36. The van der Waals surface area contributed by atoms with Gasteiger partial charge in [0, 0.05) is 6.54 Å². The Bertz CT molecular complexity index is 137. The standard InChI is InChI=1S/C7H12ClNO2.ClH/c8-4-7(10)11-6-2-1-3-9-5-6;/h6,9H,1-5H2;1H. The highest BCUT2D eigenvalue weighted by Gasteiger charge is 2.16. The molecule has 1 heterocycles. The normalized spacial score (nSPS) is 22.6. The van der Waals surface area contributed by atoms with Crippen molar-refractivity contribution >= 4 is 30.0 Å². The Balaban J connectivity index is 0.00000121. The van der Waals surface area contributed by atoms with E-state index in [4.69, 9.17) is 16.3 Å². The molecule has 3 nitrogen and oxygen atoms in total. The zero-order valence-electron chi connectivity index (χ0n) is 6.72. The molecule has 1 fully saturated rings. The minimum absolute atomic E-state index is 0. The van der Waals surface area contributed by atoms with Crippen molar-refractivity contribution in [3.8, 4) is 0 Å². The summed E-state index contributed by atoms with van der Waals surface area (Å²) < 4.78 is 5.01. The smallest absolute Gasteiger partial charge is 0.321 e. The van der Waals surface area contributed by atoms with Crippen molar-refractivity contribution in [1.82, 2.24) is 5.32 Å². The number of carbonyl (C=O) groups is 1. The molecule has 1 N–H and O–H groups in total. The summed E-state index contributed by atoms with van der Waals surface area (Å²) in [6.07, 6.45) is 2.06. The summed E-state index contributed by atoms with van der Waals surface area (Å²) in [5.41, 5.74) is 0. The predicted octanol–water partition coefficient (Wildman–Crippen LogP) is 0.942. The van der Waals surface area contributed by atoms with E-state index in [1.54, 1.807) is 0 Å². The first-order valence-electron chi connectivity index (χ1n) is 3.79. The Morgan fingerprint density at radius 2 is 2.42 bits per heavy atom. The molecule has 5 heteroatoms. The Labute approximate surface area is 83.2 Å². The van der Waals surface area contributed by atoms with Gasteiger partial charge in [0.15, 0.2) is 0 Å². The quantitative estimate of drug-likeness (QED) is 0.549. The highest BCUT2D eigenvalue weighted by atomic mass is 35.5. The lowest BCUT2D eigenvalue weighted by atomic mass is 10.1. The molecular weight excluding hydrogens is 201 g/mol. The third kappa shape index (κ3) is 4.14. The summed E-state index contributed by atoms with van der Waals surface area (Å²) in [6, 6.07) is 0. The number of esters is 1. The molecule has 0 aromatic heterocycles. The first-order chi connectivity index (χ1) is 5.33. The number of ether oxygens (including phenoxy) is 1. The zero-order valence-corrected chi connectivity index (χ0v) is 8.29. The summed E-state index contributed by atoms with van der Waals surface area (Å²) in [5, 5.41) is 3.14. The van der Waals surface area contributed by atoms with Crippen LogP contribution in [0.1, 0.15) is 12.8 Å². The second-order valence-electron chi connectivity index (χ2n) is 2.59. The summed E-state index contributed by atoms with van der Waals surface area (Å²) in [5.74, 6) is -0.364. The molecule has 1 aliphatic heterocycles. The van der Waals surface area contributed by atoms with E-state index in [1.165, 1.54) is 0 Å². The molecule has 0 amide bonds. The third-order valence-electron chi connectivity index (χ3n) is 1.66. The second-order valence-corrected chi connectivity index (χ2v) is 2.86. The van der Waals surface area contributed by atoms with Gasteiger partial charge in [0.1, 0.15) is 12.0 Å². The van der Waals surface area contributed by atoms with E-state index < -0.39 is 0 Å². The van der Waals surface area contributed by atoms with Crippen LogP contribution in [0.2, 0.25) is 0 Å². The van der Waals surface area contributed by atoms with E-state index in [1.807, 2.05) is 0 Å². The van der Waals surface area contributed by atoms with E-state index in [9.17, 15) is 4.79 Å². The van der Waals surface area contributed by atoms with Crippen LogP contribution >= 0.6 is 24.0 Å². The maximum Gasteiger partial charge on any atom is 0.321 e. The van der Waals surface area contributed by atoms with Crippen LogP contribution in [0.15, 0.2) is 0 Å². The van der Waals surface area contributed by atoms with Crippen LogP contribution in [0.4, 0.5) is 0 Å². The van der Waals surface area contributed by atoms with Gasteiger partial charge in [-0.3, -0.25) is 4.79 Å². The van der Waals surface area contributed by atoms with Crippen LogP contribution in [-0.4, -0.2) is 31.0 Å². The van der Waals surface area contributed by atoms with E-state index in [0.717, 1.165) is 25.9 Å². The van der Waals surface area contributed by atoms with Crippen molar-refractivity contribution in [3.63, 3.8) is 0 Å². The predicted molar refractivity (Wildman–Crippen MR) is 50.0 cm³/mol. The monoisotopic (exact) mass is 213 g/mol. The largest absolute Gasteiger partial charge is 0.460 e. The molecule has 0 aromatic carbocycles. The molecule has 1 unspecified atom stereocenters. The van der Waals surface area contributed by atoms with Gasteiger partial charge in [-0.25, -0.2) is 0 Å². The lowest BCUT2D eigenvalue weighted by Gasteiger charge is -2.22. The maximum absolute atomic E-state index is 10.7. The fraction of sp³-hybridized carbons (Fsp3) is 0.857. The van der Waals surface area contributed by atoms with Gasteiger partial charge in [0.05, 0.1) is 0 Å². The van der Waals surface area contributed by atoms with Crippen molar-refractivity contribution in [3.05, 3.63) is 0 Å². The fourth-order valence-electron chi connectivity index (χ4n) is 1.14. The van der Waals surface area contributed by atoms with Gasteiger partial charge in [-0.2, -0.15) is 0 Å². The SMILES string of the molecule is Cl.O=C(CCl)OC1CCCNC1. The summed E-state index contributed by atoms with van der Waals surface area (Å²) >= 11 is 5.28. The van der Waals surface area contributed by atoms with Crippen molar-refractivity contribution in [2.45, 2.75) is 18.9 Å². The van der Waals surface area contributed by atoms with Gasteiger partial charge in [0.2, 0.25) is 0 Å². The number of halogens is 2. The Kier molecular flexibility index (Phi) is 6.52. The summed E-state index contributed by atoms with van der Waals surface area (Å²) in [4.78, 5) is 10.7. The Morgan fingerprint density at radius 1 is 1.67 bits per heavy atom. The summed E-state index contributed by atoms with van der Waals surface area (Å²) in [6.45, 7) is 1.79. The maximum atomic E-state index is 10.7. The molecule has 0 spiro atoms. The van der Waals surface area contributed by atoms with E-state index >= 15 is 0 Å². The molecule has 12 heavy (non-hydrogen) atoms. The van der Waals surface area contributed by atoms with Crippen molar-refractivity contribution in [2.24, 2.45) is 0 Å². The van der Waals surface area contributed by atoms with Crippen molar-refractivity contribution < 1.29 is 9.53 Å². The Morgan fingerprint density at radius 3 is 2.92 bits per heavy atom. The average Bonchev–Trinajstić information content (AvgIpc) is 2.06. The highest BCUT2D eigenvalue weighted by molar-refractivity contribution is 6.26. The minimum Gasteiger partial charge on any atom is -0.460 e. The number of hydrogen-bond acceptors (Lipinski definition) is 3. The highest BCUT2D eigenvalue weighted by Crippen LogP contribution is 2.06. The molecule has 0 aromatic rings. The van der Waals surface area contributed by atoms with Crippen LogP contribution in [0.25, 0.3) is 0 Å². The first-order valence-corrected chi connectivity index (χ1v) is 4.32. The molecule has 1 atom stereocenters. The molecule has 1 rings (SSSR count). The van der Waals surface area contributed by atoms with Crippen LogP contribution in [0.5, 0.6) is 0 Å². The van der Waals surface area contributed by atoms with Crippen molar-refractivity contribution in [2.75, 3.05) is 19.0 Å². The number of rotatable bonds is 2. The molecule has 72 valence electrons. The topological polar surface area (TPSA) is 38.3 Å². The number of piperidine rings is 1. The van der Waals surface area contributed by atoms with E-state index in [2.05, 4.69) is 5.32 Å². The molecule has 0 bridgehead atoms. The summed E-state index contributed by atoms with van der Waals surface area (Å²) in [7, 11) is 0. The zero-order chi connectivity index (χ0) is 8.10. The Hall–Kier alpha value is 0.01000. The van der Waals surface area contributed by atoms with Crippen LogP contribution in [0.3, 0.4) is 0 Å². The average molecular weight is 214 g/mol. The fourth-order valence-corrected chi connectivity index (χ4v) is 1.20. The number of carbonyl (C=O) groups excluding carboxylic acids is 1. The number of nitrogens with one attached hydrogen (secondary N) is 1. The van der Waals surface area contributed by atoms with Gasteiger partial charge in [-0.05, 0) is 19.4 Å². The molecule has 1 aliphatic rings. The molecule has 0 saturated carbocycles. The number of hydrogen-bond donors (Lipinski definition) is 1. The third-order valence-corrected chi connectivity index (χ3v) is 1.88. The van der Waals surface area contributed by atoms with Gasteiger partial charge < -0.3 is 10.1 Å². The van der Waals surface area contributed by atoms with E-state index in [0.29, 0.717) is 0 Å². The molecule has 1 saturated heterocycles. The first kappa shape index (κ1) is 12.0.